The summed E-state index contributed by atoms with van der Waals surface area (Å²) >= 11 is 3.48. The molecule has 0 saturated carbocycles. The molecular weight excluding hydrogens is 280 g/mol. The summed E-state index contributed by atoms with van der Waals surface area (Å²) in [6.07, 6.45) is 0.908. The first kappa shape index (κ1) is 12.6. The largest absolute Gasteiger partial charge is 0.344 e. The number of likely N-dealkylation sites (tertiary alicyclic amines) is 1. The second-order valence-electron chi connectivity index (χ2n) is 4.57. The van der Waals surface area contributed by atoms with E-state index in [9.17, 15) is 4.79 Å². The zero-order valence-corrected chi connectivity index (χ0v) is 11.8. The molecule has 1 saturated heterocycles. The Hall–Kier alpha value is -0.870. The number of nitrogens with zero attached hydrogens (tertiary/aromatic N) is 1. The first-order chi connectivity index (χ1) is 8.08. The number of halogens is 1. The van der Waals surface area contributed by atoms with Crippen LogP contribution >= 0.6 is 15.9 Å². The lowest BCUT2D eigenvalue weighted by molar-refractivity contribution is -0.128. The van der Waals surface area contributed by atoms with Gasteiger partial charge in [-0.2, -0.15) is 0 Å². The minimum Gasteiger partial charge on any atom is -0.344 e. The maximum absolute atomic E-state index is 11.7. The van der Waals surface area contributed by atoms with Crippen molar-refractivity contribution in [2.75, 3.05) is 13.6 Å². The van der Waals surface area contributed by atoms with Crippen LogP contribution in [0.4, 0.5) is 0 Å². The van der Waals surface area contributed by atoms with Crippen molar-refractivity contribution in [2.45, 2.75) is 25.9 Å². The molecule has 1 atom stereocenters. The van der Waals surface area contributed by atoms with Crippen molar-refractivity contribution in [3.63, 3.8) is 0 Å². The number of benzene rings is 1. The van der Waals surface area contributed by atoms with Crippen LogP contribution in [0.15, 0.2) is 22.7 Å². The van der Waals surface area contributed by atoms with E-state index in [0.717, 1.165) is 24.0 Å². The quantitative estimate of drug-likeness (QED) is 0.926. The second-order valence-corrected chi connectivity index (χ2v) is 5.42. The molecule has 0 bridgehead atoms. The van der Waals surface area contributed by atoms with Gasteiger partial charge in [0.1, 0.15) is 0 Å². The van der Waals surface area contributed by atoms with Crippen LogP contribution in [0.25, 0.3) is 0 Å². The predicted octanol–water partition coefficient (Wildman–Crippen LogP) is 2.08. The second kappa shape index (κ2) is 5.19. The molecule has 1 heterocycles. The van der Waals surface area contributed by atoms with Crippen molar-refractivity contribution < 1.29 is 4.79 Å². The van der Waals surface area contributed by atoms with Gasteiger partial charge in [0.05, 0.1) is 6.04 Å². The van der Waals surface area contributed by atoms with Crippen LogP contribution in [-0.2, 0) is 11.3 Å². The average molecular weight is 297 g/mol. The highest BCUT2D eigenvalue weighted by Crippen LogP contribution is 2.17. The molecule has 1 amide bonds. The smallest absolute Gasteiger partial charge is 0.239 e. The summed E-state index contributed by atoms with van der Waals surface area (Å²) in [7, 11) is 1.85. The Kier molecular flexibility index (Phi) is 3.84. The van der Waals surface area contributed by atoms with Crippen LogP contribution in [0.1, 0.15) is 17.5 Å². The molecule has 0 aliphatic carbocycles. The Morgan fingerprint density at radius 3 is 2.88 bits per heavy atom. The molecule has 1 aliphatic rings. The third kappa shape index (κ3) is 2.87. The number of hydrogen-bond acceptors (Lipinski definition) is 2. The maximum Gasteiger partial charge on any atom is 0.239 e. The topological polar surface area (TPSA) is 32.3 Å². The van der Waals surface area contributed by atoms with Crippen molar-refractivity contribution >= 4 is 21.8 Å². The van der Waals surface area contributed by atoms with E-state index >= 15 is 0 Å². The summed E-state index contributed by atoms with van der Waals surface area (Å²) in [5, 5.41) is 3.32. The number of carbonyl (C=O) groups excluding carboxylic acids is 1. The van der Waals surface area contributed by atoms with Crippen molar-refractivity contribution in [1.29, 1.82) is 0 Å². The fraction of sp³-hybridized carbons (Fsp3) is 0.462. The number of rotatable bonds is 3. The van der Waals surface area contributed by atoms with Gasteiger partial charge in [0.15, 0.2) is 0 Å². The lowest BCUT2D eigenvalue weighted by Gasteiger charge is -2.12. The third-order valence-electron chi connectivity index (χ3n) is 3.20. The molecule has 1 N–H and O–H groups in total. The summed E-state index contributed by atoms with van der Waals surface area (Å²) < 4.78 is 1.12. The van der Waals surface area contributed by atoms with E-state index in [1.807, 2.05) is 7.05 Å². The van der Waals surface area contributed by atoms with Gasteiger partial charge in [-0.25, -0.2) is 0 Å². The van der Waals surface area contributed by atoms with Gasteiger partial charge in [-0.3, -0.25) is 4.79 Å². The lowest BCUT2D eigenvalue weighted by Crippen LogP contribution is -2.36. The average Bonchev–Trinajstić information content (AvgIpc) is 2.62. The van der Waals surface area contributed by atoms with Gasteiger partial charge in [0.25, 0.3) is 0 Å². The van der Waals surface area contributed by atoms with Gasteiger partial charge >= 0.3 is 0 Å². The molecule has 0 radical (unpaired) electrons. The van der Waals surface area contributed by atoms with Gasteiger partial charge < -0.3 is 10.2 Å². The van der Waals surface area contributed by atoms with Gasteiger partial charge in [0.2, 0.25) is 5.91 Å². The fourth-order valence-corrected chi connectivity index (χ4v) is 2.32. The maximum atomic E-state index is 11.7. The Morgan fingerprint density at radius 1 is 1.53 bits per heavy atom. The molecule has 1 aromatic rings. The lowest BCUT2D eigenvalue weighted by atomic mass is 10.1. The Bertz CT molecular complexity index is 433. The summed E-state index contributed by atoms with van der Waals surface area (Å²) in [5.41, 5.74) is 2.44. The van der Waals surface area contributed by atoms with E-state index in [0.29, 0.717) is 0 Å². The normalized spacial score (nSPS) is 20.1. The van der Waals surface area contributed by atoms with Crippen LogP contribution in [0.5, 0.6) is 0 Å². The predicted molar refractivity (Wildman–Crippen MR) is 71.8 cm³/mol. The zero-order valence-electron chi connectivity index (χ0n) is 10.2. The number of hydrogen-bond donors (Lipinski definition) is 1. The molecule has 0 aromatic heterocycles. The SMILES string of the molecule is Cc1cc(CNC2CCN(C)C2=O)ccc1Br. The first-order valence-corrected chi connectivity index (χ1v) is 6.60. The highest BCUT2D eigenvalue weighted by Gasteiger charge is 2.28. The number of likely N-dealkylation sites (N-methyl/N-ethyl adjacent to an activating group) is 1. The number of nitrogens with one attached hydrogen (secondary N) is 1. The van der Waals surface area contributed by atoms with Gasteiger partial charge in [-0.1, -0.05) is 28.1 Å². The molecule has 2 rings (SSSR count). The third-order valence-corrected chi connectivity index (χ3v) is 4.09. The van der Waals surface area contributed by atoms with Gasteiger partial charge in [-0.15, -0.1) is 0 Å². The fourth-order valence-electron chi connectivity index (χ4n) is 2.07. The van der Waals surface area contributed by atoms with Crippen LogP contribution < -0.4 is 5.32 Å². The number of amides is 1. The van der Waals surface area contributed by atoms with E-state index in [-0.39, 0.29) is 11.9 Å². The van der Waals surface area contributed by atoms with Gasteiger partial charge in [-0.05, 0) is 30.5 Å². The van der Waals surface area contributed by atoms with Crippen molar-refractivity contribution in [2.24, 2.45) is 0 Å². The molecule has 4 heteroatoms. The minimum atomic E-state index is -0.0102. The Balaban J connectivity index is 1.94. The van der Waals surface area contributed by atoms with Crippen LogP contribution in [-0.4, -0.2) is 30.4 Å². The standard InChI is InChI=1S/C13H17BrN2O/c1-9-7-10(3-4-11(9)14)8-15-12-5-6-16(2)13(12)17/h3-4,7,12,15H,5-6,8H2,1-2H3. The summed E-state index contributed by atoms with van der Waals surface area (Å²) in [6, 6.07) is 6.26. The highest BCUT2D eigenvalue weighted by atomic mass is 79.9. The monoisotopic (exact) mass is 296 g/mol. The zero-order chi connectivity index (χ0) is 12.4. The molecule has 3 nitrogen and oxygen atoms in total. The van der Waals surface area contributed by atoms with Gasteiger partial charge in [0, 0.05) is 24.6 Å². The van der Waals surface area contributed by atoms with E-state index in [1.165, 1.54) is 11.1 Å². The molecule has 17 heavy (non-hydrogen) atoms. The van der Waals surface area contributed by atoms with Crippen LogP contribution in [0, 0.1) is 6.92 Å². The molecule has 0 spiro atoms. The number of carbonyl (C=O) groups is 1. The Labute approximate surface area is 110 Å². The molecule has 1 aromatic carbocycles. The highest BCUT2D eigenvalue weighted by molar-refractivity contribution is 9.10. The minimum absolute atomic E-state index is 0.0102. The molecule has 92 valence electrons. The van der Waals surface area contributed by atoms with E-state index in [2.05, 4.69) is 46.4 Å². The van der Waals surface area contributed by atoms with E-state index < -0.39 is 0 Å². The van der Waals surface area contributed by atoms with Crippen molar-refractivity contribution in [3.05, 3.63) is 33.8 Å². The molecule has 1 aliphatic heterocycles. The summed E-state index contributed by atoms with van der Waals surface area (Å²) in [5.74, 6) is 0.207. The molecule has 1 fully saturated rings. The van der Waals surface area contributed by atoms with E-state index in [4.69, 9.17) is 0 Å². The Morgan fingerprint density at radius 2 is 2.29 bits per heavy atom. The molecule has 1 unspecified atom stereocenters. The first-order valence-electron chi connectivity index (χ1n) is 5.81. The van der Waals surface area contributed by atoms with E-state index in [1.54, 1.807) is 4.90 Å². The molecular formula is C13H17BrN2O. The summed E-state index contributed by atoms with van der Waals surface area (Å²) in [4.78, 5) is 13.5. The number of aryl methyl sites for hydroxylation is 1. The summed E-state index contributed by atoms with van der Waals surface area (Å²) in [6.45, 7) is 3.68. The van der Waals surface area contributed by atoms with Crippen molar-refractivity contribution in [3.8, 4) is 0 Å². The van der Waals surface area contributed by atoms with Crippen LogP contribution in [0.3, 0.4) is 0 Å². The van der Waals surface area contributed by atoms with Crippen LogP contribution in [0.2, 0.25) is 0 Å². The van der Waals surface area contributed by atoms with Crippen molar-refractivity contribution in [1.82, 2.24) is 10.2 Å².